The van der Waals surface area contributed by atoms with Gasteiger partial charge >= 0.3 is 10.5 Å². The molecule has 0 aliphatic carbocycles. The summed E-state index contributed by atoms with van der Waals surface area (Å²) in [6.07, 6.45) is 15.3. The number of pyridine rings is 1. The van der Waals surface area contributed by atoms with Gasteiger partial charge < -0.3 is 0 Å². The number of hydrogen-bond donors (Lipinski definition) is 1. The van der Waals surface area contributed by atoms with Crippen LogP contribution in [0, 0.1) is 0 Å². The van der Waals surface area contributed by atoms with Gasteiger partial charge in [0, 0.05) is 18.8 Å². The van der Waals surface area contributed by atoms with Crippen molar-refractivity contribution in [2.24, 2.45) is 0 Å². The monoisotopic (exact) mass is 342 g/mol. The third-order valence-electron chi connectivity index (χ3n) is 3.72. The van der Waals surface area contributed by atoms with Gasteiger partial charge in [-0.05, 0) is 21.0 Å². The predicted molar refractivity (Wildman–Crippen MR) is 92.2 cm³/mol. The Morgan fingerprint density at radius 3 is 2.22 bits per heavy atom. The Labute approximate surface area is 141 Å². The van der Waals surface area contributed by atoms with E-state index >= 15 is 0 Å². The average Bonchev–Trinajstić information content (AvgIpc) is 2.56. The minimum absolute atomic E-state index is 0.0653. The zero-order valence-electron chi connectivity index (χ0n) is 14.2. The van der Waals surface area contributed by atoms with Gasteiger partial charge in [-0.15, -0.1) is 5.48 Å². The van der Waals surface area contributed by atoms with Crippen molar-refractivity contribution in [3.8, 4) is 0 Å². The first-order valence-electron chi connectivity index (χ1n) is 8.73. The summed E-state index contributed by atoms with van der Waals surface area (Å²) in [7, 11) is -3.75. The van der Waals surface area contributed by atoms with E-state index in [1.54, 1.807) is 6.07 Å². The zero-order chi connectivity index (χ0) is 16.8. The largest absolute Gasteiger partial charge is 0.449 e. The lowest BCUT2D eigenvalue weighted by Gasteiger charge is -2.03. The molecule has 0 spiro atoms. The van der Waals surface area contributed by atoms with Crippen molar-refractivity contribution in [1.29, 1.82) is 0 Å². The highest BCUT2D eigenvalue weighted by Gasteiger charge is 2.35. The Kier molecular flexibility index (Phi) is 11.1. The van der Waals surface area contributed by atoms with E-state index in [4.69, 9.17) is 4.28 Å². The van der Waals surface area contributed by atoms with Crippen LogP contribution in [0.25, 0.3) is 0 Å². The molecule has 0 aliphatic rings. The number of aromatic nitrogens is 1. The van der Waals surface area contributed by atoms with Crippen LogP contribution in [0.1, 0.15) is 71.1 Å². The van der Waals surface area contributed by atoms with Crippen molar-refractivity contribution in [2.75, 3.05) is 6.54 Å². The highest BCUT2D eigenvalue weighted by atomic mass is 32.3. The van der Waals surface area contributed by atoms with Crippen LogP contribution < -0.4 is 5.48 Å². The number of hydroxylamine groups is 1. The third-order valence-corrected chi connectivity index (χ3v) is 4.88. The standard InChI is InChI=1S/C17H30N2O3S/c1-2-3-4-5-6-7-8-9-10-11-15-19-22-23(20,21)17-13-12-14-18-16-17/h12-14,16,19H,2-11,15H2,1H3/q+1. The summed E-state index contributed by atoms with van der Waals surface area (Å²) in [6.45, 7) is 2.77. The zero-order valence-corrected chi connectivity index (χ0v) is 15.0. The molecule has 0 saturated carbocycles. The molecule has 0 fully saturated rings. The summed E-state index contributed by atoms with van der Waals surface area (Å²) in [5.74, 6) is 0. The average molecular weight is 343 g/mol. The molecule has 0 aromatic carbocycles. The van der Waals surface area contributed by atoms with Crippen LogP contribution >= 0.6 is 0 Å². The van der Waals surface area contributed by atoms with Crippen molar-refractivity contribution in [3.05, 3.63) is 24.5 Å². The minimum Gasteiger partial charge on any atom is -0.259 e. The molecule has 1 aromatic rings. The molecule has 1 heterocycles. The van der Waals surface area contributed by atoms with Gasteiger partial charge in [-0.1, -0.05) is 64.7 Å². The molecule has 1 atom stereocenters. The second-order valence-corrected chi connectivity index (χ2v) is 7.35. The molecule has 6 heteroatoms. The summed E-state index contributed by atoms with van der Waals surface area (Å²) >= 11 is 0. The van der Waals surface area contributed by atoms with E-state index in [-0.39, 0.29) is 4.90 Å². The Hall–Kier alpha value is -0.820. The Bertz CT molecular complexity index is 443. The number of rotatable bonds is 14. The number of hydrogen-bond acceptors (Lipinski definition) is 4. The highest BCUT2D eigenvalue weighted by Crippen LogP contribution is 2.16. The van der Waals surface area contributed by atoms with E-state index in [2.05, 4.69) is 17.4 Å². The predicted octanol–water partition coefficient (Wildman–Crippen LogP) is 4.64. The van der Waals surface area contributed by atoms with Crippen molar-refractivity contribution in [3.63, 3.8) is 0 Å². The van der Waals surface area contributed by atoms with Crippen LogP contribution in [0.4, 0.5) is 0 Å². The lowest BCUT2D eigenvalue weighted by Crippen LogP contribution is -2.25. The minimum atomic E-state index is -3.75. The van der Waals surface area contributed by atoms with Crippen LogP contribution in [-0.2, 0) is 23.5 Å². The number of nitrogens with zero attached hydrogens (tertiary/aromatic N) is 1. The molecule has 0 saturated heterocycles. The van der Waals surface area contributed by atoms with Gasteiger partial charge in [0.1, 0.15) is 0 Å². The topological polar surface area (TPSA) is 71.1 Å². The van der Waals surface area contributed by atoms with E-state index in [0.717, 1.165) is 12.8 Å². The smallest absolute Gasteiger partial charge is 0.259 e. The SMILES string of the molecule is CCCCCCCCCCCCNO[S+]([O])(=O)c1cccnc1. The van der Waals surface area contributed by atoms with Crippen LogP contribution in [0.2, 0.25) is 0 Å². The maximum absolute atomic E-state index is 11.8. The van der Waals surface area contributed by atoms with E-state index in [1.165, 1.54) is 69.8 Å². The lowest BCUT2D eigenvalue weighted by molar-refractivity contribution is 0.166. The van der Waals surface area contributed by atoms with Gasteiger partial charge in [0.25, 0.3) is 0 Å². The molecule has 23 heavy (non-hydrogen) atoms. The molecule has 131 valence electrons. The van der Waals surface area contributed by atoms with Gasteiger partial charge in [-0.2, -0.15) is 0 Å². The van der Waals surface area contributed by atoms with Gasteiger partial charge in [0.15, 0.2) is 0 Å². The normalized spacial score (nSPS) is 13.8. The molecule has 0 bridgehead atoms. The summed E-state index contributed by atoms with van der Waals surface area (Å²) < 4.78 is 28.4. The summed E-state index contributed by atoms with van der Waals surface area (Å²) in [6, 6.07) is 3.03. The van der Waals surface area contributed by atoms with Crippen molar-refractivity contribution >= 4 is 10.5 Å². The summed E-state index contributed by atoms with van der Waals surface area (Å²) in [5.41, 5.74) is 2.53. The van der Waals surface area contributed by atoms with Gasteiger partial charge in [0.2, 0.25) is 4.90 Å². The van der Waals surface area contributed by atoms with E-state index in [1.807, 2.05) is 0 Å². The fraction of sp³-hybridized carbons (Fsp3) is 0.706. The molecular formula is C17H30N2O3S+. The first-order chi connectivity index (χ1) is 11.2. The second-order valence-electron chi connectivity index (χ2n) is 5.80. The van der Waals surface area contributed by atoms with Crippen LogP contribution in [0.5, 0.6) is 0 Å². The number of nitrogens with one attached hydrogen (secondary N) is 1. The molecular weight excluding hydrogens is 312 g/mol. The maximum atomic E-state index is 11.8. The molecule has 1 N–H and O–H groups in total. The molecule has 1 unspecified atom stereocenters. The first kappa shape index (κ1) is 20.2. The van der Waals surface area contributed by atoms with Gasteiger partial charge in [0.05, 0.1) is 10.7 Å². The molecule has 1 aromatic heterocycles. The first-order valence-corrected chi connectivity index (χ1v) is 10.1. The van der Waals surface area contributed by atoms with Gasteiger partial charge in [-0.3, -0.25) is 4.98 Å². The van der Waals surface area contributed by atoms with Crippen LogP contribution in [-0.4, -0.2) is 11.5 Å². The molecule has 0 amide bonds. The molecule has 0 aliphatic heterocycles. The van der Waals surface area contributed by atoms with Crippen molar-refractivity contribution in [2.45, 2.75) is 76.0 Å². The van der Waals surface area contributed by atoms with E-state index < -0.39 is 10.5 Å². The van der Waals surface area contributed by atoms with Crippen molar-refractivity contribution < 1.29 is 13.0 Å². The van der Waals surface area contributed by atoms with E-state index in [0.29, 0.717) is 6.54 Å². The Balaban J connectivity index is 1.94. The fourth-order valence-electron chi connectivity index (χ4n) is 2.35. The van der Waals surface area contributed by atoms with Crippen LogP contribution in [0.3, 0.4) is 0 Å². The van der Waals surface area contributed by atoms with E-state index in [9.17, 15) is 8.76 Å². The van der Waals surface area contributed by atoms with Crippen molar-refractivity contribution in [1.82, 2.24) is 10.5 Å². The number of unbranched alkanes of at least 4 members (excludes halogenated alkanes) is 9. The lowest BCUT2D eigenvalue weighted by atomic mass is 10.1. The fourth-order valence-corrected chi connectivity index (χ4v) is 3.12. The van der Waals surface area contributed by atoms with Crippen LogP contribution in [0.15, 0.2) is 29.4 Å². The second kappa shape index (κ2) is 12.6. The Morgan fingerprint density at radius 2 is 1.65 bits per heavy atom. The highest BCUT2D eigenvalue weighted by molar-refractivity contribution is 7.92. The molecule has 5 nitrogen and oxygen atoms in total. The maximum Gasteiger partial charge on any atom is 0.449 e. The van der Waals surface area contributed by atoms with Gasteiger partial charge in [-0.25, -0.2) is 0 Å². The molecule has 1 rings (SSSR count). The molecule has 1 radical (unpaired) electrons. The summed E-state index contributed by atoms with van der Waals surface area (Å²) in [5, 5.41) is 0. The quantitative estimate of drug-likeness (QED) is 0.304. The third kappa shape index (κ3) is 9.81. The summed E-state index contributed by atoms with van der Waals surface area (Å²) in [4.78, 5) is 3.84. The Morgan fingerprint density at radius 1 is 1.04 bits per heavy atom.